The van der Waals surface area contributed by atoms with Crippen molar-refractivity contribution in [3.63, 3.8) is 0 Å². The predicted octanol–water partition coefficient (Wildman–Crippen LogP) is 3.01. The summed E-state index contributed by atoms with van der Waals surface area (Å²) in [6.45, 7) is 0.514. The van der Waals surface area contributed by atoms with E-state index in [1.807, 2.05) is 0 Å². The van der Waals surface area contributed by atoms with Gasteiger partial charge in [-0.25, -0.2) is 0 Å². The second-order valence-electron chi connectivity index (χ2n) is 5.85. The Balaban J connectivity index is 1.59. The molecule has 0 bridgehead atoms. The fourth-order valence-corrected chi connectivity index (χ4v) is 3.34. The zero-order valence-electron chi connectivity index (χ0n) is 11.6. The monoisotopic (exact) mass is 272 g/mol. The fourth-order valence-electron chi connectivity index (χ4n) is 3.34. The molecule has 1 heterocycles. The van der Waals surface area contributed by atoms with E-state index in [-0.39, 0.29) is 11.7 Å². The van der Waals surface area contributed by atoms with Gasteiger partial charge in [0.05, 0.1) is 17.3 Å². The number of nitriles is 1. The zero-order chi connectivity index (χ0) is 14.0. The van der Waals surface area contributed by atoms with E-state index in [1.165, 1.54) is 25.7 Å². The Labute approximate surface area is 119 Å². The van der Waals surface area contributed by atoms with Crippen molar-refractivity contribution in [2.24, 2.45) is 0 Å². The third-order valence-electron chi connectivity index (χ3n) is 4.40. The van der Waals surface area contributed by atoms with E-state index >= 15 is 0 Å². The second-order valence-corrected chi connectivity index (χ2v) is 5.85. The predicted molar refractivity (Wildman–Crippen MR) is 76.4 cm³/mol. The standard InChI is InChI=1S/C16H20N2O2/c17-10-12-9-13(18)3-4-15(12)19-11-14-5-8-16(20-14)6-1-2-7-16/h3-4,9,14H,1-2,5-8,11,18H2. The normalized spacial score (nSPS) is 23.9. The Hall–Kier alpha value is -1.73. The molecular weight excluding hydrogens is 252 g/mol. The molecule has 1 atom stereocenters. The van der Waals surface area contributed by atoms with E-state index in [4.69, 9.17) is 20.5 Å². The Morgan fingerprint density at radius 3 is 2.90 bits per heavy atom. The fraction of sp³-hybridized carbons (Fsp3) is 0.562. The van der Waals surface area contributed by atoms with Crippen LogP contribution in [0.4, 0.5) is 5.69 Å². The summed E-state index contributed by atoms with van der Waals surface area (Å²) in [6, 6.07) is 7.27. The molecule has 1 aliphatic carbocycles. The third-order valence-corrected chi connectivity index (χ3v) is 4.40. The molecule has 2 fully saturated rings. The quantitative estimate of drug-likeness (QED) is 0.859. The van der Waals surface area contributed by atoms with Gasteiger partial charge in [-0.15, -0.1) is 0 Å². The van der Waals surface area contributed by atoms with Crippen LogP contribution < -0.4 is 10.5 Å². The molecule has 1 aromatic rings. The third kappa shape index (κ3) is 2.59. The van der Waals surface area contributed by atoms with Crippen molar-refractivity contribution in [2.45, 2.75) is 50.2 Å². The second kappa shape index (κ2) is 5.34. The number of anilines is 1. The molecule has 3 rings (SSSR count). The highest BCUT2D eigenvalue weighted by Crippen LogP contribution is 2.43. The SMILES string of the molecule is N#Cc1cc(N)ccc1OCC1CCC2(CCCC2)O1. The highest BCUT2D eigenvalue weighted by Gasteiger charge is 2.42. The Morgan fingerprint density at radius 1 is 1.35 bits per heavy atom. The maximum absolute atomic E-state index is 9.09. The van der Waals surface area contributed by atoms with Gasteiger partial charge in [-0.3, -0.25) is 0 Å². The molecule has 1 unspecified atom stereocenters. The summed E-state index contributed by atoms with van der Waals surface area (Å²) in [5, 5.41) is 9.09. The molecule has 1 aliphatic heterocycles. The van der Waals surface area contributed by atoms with Gasteiger partial charge in [-0.2, -0.15) is 5.26 Å². The maximum atomic E-state index is 9.09. The first-order valence-electron chi connectivity index (χ1n) is 7.31. The molecule has 1 spiro atoms. The minimum atomic E-state index is 0.132. The van der Waals surface area contributed by atoms with Crippen molar-refractivity contribution in [3.05, 3.63) is 23.8 Å². The van der Waals surface area contributed by atoms with E-state index in [2.05, 4.69) is 6.07 Å². The van der Waals surface area contributed by atoms with Gasteiger partial charge >= 0.3 is 0 Å². The summed E-state index contributed by atoms with van der Waals surface area (Å²) in [5.74, 6) is 0.595. The van der Waals surface area contributed by atoms with Gasteiger partial charge in [-0.1, -0.05) is 12.8 Å². The Bertz CT molecular complexity index is 530. The molecule has 2 aliphatic rings. The molecule has 4 heteroatoms. The summed E-state index contributed by atoms with van der Waals surface area (Å²) in [7, 11) is 0. The largest absolute Gasteiger partial charge is 0.489 e. The lowest BCUT2D eigenvalue weighted by molar-refractivity contribution is -0.0509. The number of rotatable bonds is 3. The van der Waals surface area contributed by atoms with Gasteiger partial charge < -0.3 is 15.2 Å². The minimum absolute atomic E-state index is 0.132. The van der Waals surface area contributed by atoms with Crippen molar-refractivity contribution in [2.75, 3.05) is 12.3 Å². The van der Waals surface area contributed by atoms with Crippen LogP contribution in [0.1, 0.15) is 44.1 Å². The smallest absolute Gasteiger partial charge is 0.137 e. The Kier molecular flexibility index (Phi) is 3.54. The summed E-state index contributed by atoms with van der Waals surface area (Å²) in [4.78, 5) is 0. The van der Waals surface area contributed by atoms with Crippen LogP contribution in [0.5, 0.6) is 5.75 Å². The van der Waals surface area contributed by atoms with Crippen LogP contribution in [0.15, 0.2) is 18.2 Å². The Morgan fingerprint density at radius 2 is 2.15 bits per heavy atom. The first kappa shape index (κ1) is 13.3. The highest BCUT2D eigenvalue weighted by molar-refractivity contribution is 5.53. The number of ether oxygens (including phenoxy) is 2. The number of benzene rings is 1. The first-order chi connectivity index (χ1) is 9.71. The topological polar surface area (TPSA) is 68.3 Å². The lowest BCUT2D eigenvalue weighted by Gasteiger charge is -2.23. The minimum Gasteiger partial charge on any atom is -0.489 e. The molecule has 0 amide bonds. The van der Waals surface area contributed by atoms with Crippen LogP contribution >= 0.6 is 0 Å². The molecular formula is C16H20N2O2. The van der Waals surface area contributed by atoms with E-state index in [9.17, 15) is 0 Å². The van der Waals surface area contributed by atoms with E-state index in [0.29, 0.717) is 23.6 Å². The molecule has 1 aromatic carbocycles. The van der Waals surface area contributed by atoms with Gasteiger partial charge in [-0.05, 0) is 43.9 Å². The van der Waals surface area contributed by atoms with Crippen LogP contribution in [0.2, 0.25) is 0 Å². The van der Waals surface area contributed by atoms with Gasteiger partial charge in [0.15, 0.2) is 0 Å². The zero-order valence-corrected chi connectivity index (χ0v) is 11.6. The van der Waals surface area contributed by atoms with Crippen LogP contribution in [0.25, 0.3) is 0 Å². The molecule has 1 saturated heterocycles. The van der Waals surface area contributed by atoms with E-state index in [0.717, 1.165) is 12.8 Å². The number of hydrogen-bond donors (Lipinski definition) is 1. The molecule has 20 heavy (non-hydrogen) atoms. The van der Waals surface area contributed by atoms with Gasteiger partial charge in [0.25, 0.3) is 0 Å². The average molecular weight is 272 g/mol. The number of nitrogens with zero attached hydrogens (tertiary/aromatic N) is 1. The van der Waals surface area contributed by atoms with Crippen LogP contribution in [0.3, 0.4) is 0 Å². The number of hydrogen-bond acceptors (Lipinski definition) is 4. The summed E-state index contributed by atoms with van der Waals surface area (Å²) < 4.78 is 12.0. The van der Waals surface area contributed by atoms with E-state index < -0.39 is 0 Å². The molecule has 0 aromatic heterocycles. The summed E-state index contributed by atoms with van der Waals surface area (Å²) in [5.41, 5.74) is 6.87. The first-order valence-corrected chi connectivity index (χ1v) is 7.31. The molecule has 0 radical (unpaired) electrons. The van der Waals surface area contributed by atoms with Crippen molar-refractivity contribution in [1.82, 2.24) is 0 Å². The molecule has 4 nitrogen and oxygen atoms in total. The van der Waals surface area contributed by atoms with Crippen LogP contribution in [-0.2, 0) is 4.74 Å². The summed E-state index contributed by atoms with van der Waals surface area (Å²) in [6.07, 6.45) is 7.29. The molecule has 2 N–H and O–H groups in total. The van der Waals surface area contributed by atoms with Crippen molar-refractivity contribution >= 4 is 5.69 Å². The lowest BCUT2D eigenvalue weighted by atomic mass is 9.98. The van der Waals surface area contributed by atoms with Gasteiger partial charge in [0.2, 0.25) is 0 Å². The number of nitrogens with two attached hydrogens (primary N) is 1. The number of nitrogen functional groups attached to an aromatic ring is 1. The molecule has 106 valence electrons. The summed E-state index contributed by atoms with van der Waals surface area (Å²) >= 11 is 0. The van der Waals surface area contributed by atoms with E-state index in [1.54, 1.807) is 18.2 Å². The highest BCUT2D eigenvalue weighted by atomic mass is 16.6. The molecule has 1 saturated carbocycles. The van der Waals surface area contributed by atoms with Crippen molar-refractivity contribution in [3.8, 4) is 11.8 Å². The average Bonchev–Trinajstić information content (AvgIpc) is 3.08. The van der Waals surface area contributed by atoms with Crippen LogP contribution in [0, 0.1) is 11.3 Å². The maximum Gasteiger partial charge on any atom is 0.137 e. The lowest BCUT2D eigenvalue weighted by Crippen LogP contribution is -2.27. The van der Waals surface area contributed by atoms with Crippen molar-refractivity contribution < 1.29 is 9.47 Å². The van der Waals surface area contributed by atoms with Gasteiger partial charge in [0.1, 0.15) is 18.4 Å². The van der Waals surface area contributed by atoms with Gasteiger partial charge in [0, 0.05) is 5.69 Å². The van der Waals surface area contributed by atoms with Crippen molar-refractivity contribution in [1.29, 1.82) is 5.26 Å². The van der Waals surface area contributed by atoms with Crippen LogP contribution in [-0.4, -0.2) is 18.3 Å².